The summed E-state index contributed by atoms with van der Waals surface area (Å²) >= 11 is 0. The van der Waals surface area contributed by atoms with Gasteiger partial charge in [0.25, 0.3) is 0 Å². The van der Waals surface area contributed by atoms with Gasteiger partial charge in [0.05, 0.1) is 58.4 Å². The summed E-state index contributed by atoms with van der Waals surface area (Å²) < 4.78 is 39.5. The summed E-state index contributed by atoms with van der Waals surface area (Å²) in [5.74, 6) is 3.02. The molecule has 0 aliphatic carbocycles. The Balaban J connectivity index is 0.000000184. The molecule has 6 N–H and O–H groups in total. The second-order valence-corrected chi connectivity index (χ2v) is 16.0. The quantitative estimate of drug-likeness (QED) is 0.0935. The smallest absolute Gasteiger partial charge is 0.320 e. The number of pyridine rings is 3. The fourth-order valence-electron chi connectivity index (χ4n) is 7.35. The number of rotatable bonds is 9. The van der Waals surface area contributed by atoms with E-state index in [1.807, 2.05) is 74.4 Å². The number of fused-ring (bicyclic) bond motifs is 5. The van der Waals surface area contributed by atoms with E-state index in [1.165, 1.54) is 0 Å². The van der Waals surface area contributed by atoms with E-state index in [0.29, 0.717) is 117 Å². The second-order valence-electron chi connectivity index (χ2n) is 16.0. The summed E-state index contributed by atoms with van der Waals surface area (Å²) in [6.45, 7) is 11.4. The second kappa shape index (κ2) is 27.5. The van der Waals surface area contributed by atoms with Crippen LogP contribution < -0.4 is 45.6 Å². The number of hydrogen-bond donors (Lipinski definition) is 3. The number of ether oxygens (including phenoxy) is 6. The predicted octanol–water partition coefficient (Wildman–Crippen LogP) is 7.42. The van der Waals surface area contributed by atoms with Crippen LogP contribution in [-0.4, -0.2) is 113 Å². The normalized spacial score (nSPS) is 13.6. The molecule has 11 rings (SSSR count). The molecule has 4 bridgehead atoms. The van der Waals surface area contributed by atoms with Gasteiger partial charge in [-0.3, -0.25) is 15.0 Å². The van der Waals surface area contributed by atoms with Crippen molar-refractivity contribution in [2.45, 2.75) is 61.2 Å². The standard InChI is InChI=1S/C18H20N6O2.2C16H16N6O2.3CH4/c1-3-5-10-26-18-22-16(19)15-17(23-18)24(12-21-15)11-13-14(25-9-4-2)7-6-8-20-13;2*17-14-13-15-21-16(20-14)24-8-3-1-2-7-23-12-5-4-6-18-11(12)9-22(15)10-19-13;;;/h3-4,6-8,12H,1-2,5,9-11H2,(H2,19,22,23);2*1-2,4-6,10H,3,7-9H2,(H2,17,20,21);3*1H4/b;2-1+;2-1-;;;. The van der Waals surface area contributed by atoms with Crippen LogP contribution >= 0.6 is 0 Å². The molecule has 0 fully saturated rings. The molecule has 0 aromatic carbocycles. The molecule has 9 aromatic rings. The molecule has 24 heteroatoms. The molecule has 0 unspecified atom stereocenters. The third-order valence-corrected chi connectivity index (χ3v) is 10.9. The van der Waals surface area contributed by atoms with Gasteiger partial charge in [0, 0.05) is 18.6 Å². The first-order valence-corrected chi connectivity index (χ1v) is 23.4. The van der Waals surface area contributed by atoms with Crippen LogP contribution in [0.3, 0.4) is 0 Å². The van der Waals surface area contributed by atoms with E-state index >= 15 is 0 Å². The van der Waals surface area contributed by atoms with Gasteiger partial charge in [0.1, 0.15) is 54.2 Å². The number of nitrogens with two attached hydrogens (primary N) is 3. The monoisotopic (exact) mass is 1050 g/mol. The van der Waals surface area contributed by atoms with Gasteiger partial charge < -0.3 is 59.3 Å². The maximum atomic E-state index is 5.99. The summed E-state index contributed by atoms with van der Waals surface area (Å²) in [6, 6.07) is 11.9. The maximum absolute atomic E-state index is 5.99. The molecule has 0 saturated carbocycles. The van der Waals surface area contributed by atoms with E-state index in [1.54, 1.807) is 49.7 Å². The molecule has 2 aliphatic rings. The minimum absolute atomic E-state index is 0. The van der Waals surface area contributed by atoms with Crippen LogP contribution in [0.2, 0.25) is 0 Å². The number of imidazole rings is 3. The van der Waals surface area contributed by atoms with Crippen molar-refractivity contribution in [2.75, 3.05) is 56.8 Å². The lowest BCUT2D eigenvalue weighted by Crippen LogP contribution is -2.08. The molecule has 0 radical (unpaired) electrons. The van der Waals surface area contributed by atoms with Crippen molar-refractivity contribution in [2.24, 2.45) is 0 Å². The molecule has 77 heavy (non-hydrogen) atoms. The van der Waals surface area contributed by atoms with Crippen molar-refractivity contribution >= 4 is 50.9 Å². The number of hydrogen-bond acceptors (Lipinski definition) is 21. The minimum Gasteiger partial charge on any atom is -0.488 e. The summed E-state index contributed by atoms with van der Waals surface area (Å²) in [7, 11) is 0. The van der Waals surface area contributed by atoms with Gasteiger partial charge in [0.15, 0.2) is 50.9 Å². The molecule has 0 amide bonds. The first-order valence-electron chi connectivity index (χ1n) is 23.4. The summed E-state index contributed by atoms with van der Waals surface area (Å²) in [5.41, 5.74) is 23.7. The van der Waals surface area contributed by atoms with E-state index in [0.717, 1.165) is 41.4 Å². The fraction of sp³-hybridized carbons (Fsp3) is 0.283. The number of nitrogens with zero attached hydrogens (tertiary/aromatic N) is 15. The van der Waals surface area contributed by atoms with Crippen LogP contribution in [-0.2, 0) is 19.6 Å². The Morgan fingerprint density at radius 3 is 1.66 bits per heavy atom. The summed E-state index contributed by atoms with van der Waals surface area (Å²) in [6.07, 6.45) is 23.7. The van der Waals surface area contributed by atoms with Crippen molar-refractivity contribution in [1.82, 2.24) is 73.5 Å². The van der Waals surface area contributed by atoms with Crippen LogP contribution in [0.1, 0.15) is 58.6 Å². The fourth-order valence-corrected chi connectivity index (χ4v) is 7.35. The highest BCUT2D eigenvalue weighted by atomic mass is 16.5. The zero-order valence-electron chi connectivity index (χ0n) is 40.2. The van der Waals surface area contributed by atoms with E-state index in [2.05, 4.69) is 73.0 Å². The van der Waals surface area contributed by atoms with Gasteiger partial charge in [-0.1, -0.05) is 65.3 Å². The Labute approximate surface area is 445 Å². The molecule has 11 heterocycles. The van der Waals surface area contributed by atoms with E-state index in [9.17, 15) is 0 Å². The molecule has 2 aliphatic heterocycles. The lowest BCUT2D eigenvalue weighted by molar-refractivity contribution is 0.299. The van der Waals surface area contributed by atoms with E-state index < -0.39 is 0 Å². The molecule has 0 saturated heterocycles. The maximum Gasteiger partial charge on any atom is 0.320 e. The van der Waals surface area contributed by atoms with Gasteiger partial charge in [-0.15, -0.1) is 6.58 Å². The number of nitrogen functional groups attached to an aromatic ring is 3. The van der Waals surface area contributed by atoms with Crippen LogP contribution in [0.25, 0.3) is 33.5 Å². The van der Waals surface area contributed by atoms with E-state index in [4.69, 9.17) is 45.6 Å². The summed E-state index contributed by atoms with van der Waals surface area (Å²) in [5, 5.41) is 0. The zero-order chi connectivity index (χ0) is 51.1. The topological polar surface area (TPSA) is 303 Å². The summed E-state index contributed by atoms with van der Waals surface area (Å²) in [4.78, 5) is 51.9. The predicted molar refractivity (Wildman–Crippen MR) is 295 cm³/mol. The van der Waals surface area contributed by atoms with Crippen LogP contribution in [0.4, 0.5) is 17.5 Å². The van der Waals surface area contributed by atoms with Gasteiger partial charge in [0.2, 0.25) is 0 Å². The molecular formula is C53H64N18O6. The van der Waals surface area contributed by atoms with Gasteiger partial charge in [-0.25, -0.2) is 15.0 Å². The first-order chi connectivity index (χ1) is 36.3. The number of aromatic nitrogens is 15. The Hall–Kier alpha value is -9.74. The zero-order valence-corrected chi connectivity index (χ0v) is 40.2. The highest BCUT2D eigenvalue weighted by Crippen LogP contribution is 2.26. The Bertz CT molecular complexity index is 3300. The minimum atomic E-state index is 0. The molecule has 9 aromatic heterocycles. The molecule has 402 valence electrons. The lowest BCUT2D eigenvalue weighted by atomic mass is 10.3. The van der Waals surface area contributed by atoms with Crippen molar-refractivity contribution < 1.29 is 28.4 Å². The SMILES string of the molecule is C.C.C.C=CCCOc1nc(N)c2ncn(Cc3ncccc3OCC=C)c2n1.Nc1nc2nc3c1ncn3Cc1ncccc1OC/C=C/CCO2.Nc1nc2nc3c1ncn3Cc1ncccc1OC/C=C\CCO2. The van der Waals surface area contributed by atoms with Gasteiger partial charge in [-0.2, -0.15) is 29.9 Å². The van der Waals surface area contributed by atoms with Crippen molar-refractivity contribution in [3.63, 3.8) is 0 Å². The van der Waals surface area contributed by atoms with Crippen molar-refractivity contribution in [3.05, 3.63) is 141 Å². The molecule has 0 atom stereocenters. The van der Waals surface area contributed by atoms with Gasteiger partial charge in [-0.05, 0) is 55.7 Å². The molecule has 0 spiro atoms. The Morgan fingerprint density at radius 1 is 0.558 bits per heavy atom. The highest BCUT2D eigenvalue weighted by Gasteiger charge is 2.18. The van der Waals surface area contributed by atoms with Crippen molar-refractivity contribution in [1.29, 1.82) is 0 Å². The Morgan fingerprint density at radius 2 is 1.09 bits per heavy atom. The van der Waals surface area contributed by atoms with Crippen LogP contribution in [0, 0.1) is 0 Å². The number of anilines is 3. The Kier molecular flexibility index (Phi) is 20.2. The average Bonchev–Trinajstić information content (AvgIpc) is 4.20. The largest absolute Gasteiger partial charge is 0.488 e. The average molecular weight is 1050 g/mol. The lowest BCUT2D eigenvalue weighted by Gasteiger charge is -2.11. The molecular weight excluding hydrogens is 985 g/mol. The van der Waals surface area contributed by atoms with Crippen LogP contribution in [0.15, 0.2) is 124 Å². The van der Waals surface area contributed by atoms with Crippen molar-refractivity contribution in [3.8, 4) is 35.3 Å². The molecule has 24 nitrogen and oxygen atoms in total. The highest BCUT2D eigenvalue weighted by molar-refractivity contribution is 5.83. The van der Waals surface area contributed by atoms with E-state index in [-0.39, 0.29) is 46.1 Å². The third-order valence-electron chi connectivity index (χ3n) is 10.9. The van der Waals surface area contributed by atoms with Crippen LogP contribution in [0.5, 0.6) is 35.3 Å². The third kappa shape index (κ3) is 14.1. The van der Waals surface area contributed by atoms with Gasteiger partial charge >= 0.3 is 18.0 Å². The first kappa shape index (κ1) is 56.6.